The highest BCUT2D eigenvalue weighted by atomic mass is 16.7. The number of hydrogen-bond donors (Lipinski definition) is 1. The van der Waals surface area contributed by atoms with Crippen LogP contribution in [0.15, 0.2) is 54.7 Å². The van der Waals surface area contributed by atoms with Gasteiger partial charge in [-0.25, -0.2) is 0 Å². The van der Waals surface area contributed by atoms with Crippen LogP contribution in [-0.4, -0.2) is 19.2 Å². The van der Waals surface area contributed by atoms with Gasteiger partial charge in [0.2, 0.25) is 12.7 Å². The smallest absolute Gasteiger partial charge is 0.243 e. The summed E-state index contributed by atoms with van der Waals surface area (Å²) < 4.78 is 10.7. The van der Waals surface area contributed by atoms with Crippen molar-refractivity contribution < 1.29 is 14.3 Å². The van der Waals surface area contributed by atoms with Crippen LogP contribution < -0.4 is 14.8 Å². The second-order valence-corrected chi connectivity index (χ2v) is 6.70. The molecule has 2 rings (SSSR count). The Morgan fingerprint density at radius 3 is 2.69 bits per heavy atom. The van der Waals surface area contributed by atoms with Crippen molar-refractivity contribution in [2.45, 2.75) is 39.5 Å². The average Bonchev–Trinajstić information content (AvgIpc) is 3.09. The van der Waals surface area contributed by atoms with Gasteiger partial charge in [0, 0.05) is 12.6 Å². The van der Waals surface area contributed by atoms with Crippen molar-refractivity contribution >= 4 is 5.91 Å². The molecule has 1 aromatic rings. The Balaban J connectivity index is 1.54. The minimum absolute atomic E-state index is 0.0354. The molecule has 1 heterocycles. The van der Waals surface area contributed by atoms with Gasteiger partial charge in [-0.2, -0.15) is 0 Å². The van der Waals surface area contributed by atoms with Crippen LogP contribution in [0.25, 0.3) is 0 Å². The van der Waals surface area contributed by atoms with E-state index in [1.54, 1.807) is 12.2 Å². The summed E-state index contributed by atoms with van der Waals surface area (Å²) in [4.78, 5) is 11.5. The molecular weight excluding hydrogens is 326 g/mol. The normalized spacial score (nSPS) is 13.5. The number of ether oxygens (including phenoxy) is 2. The Bertz CT molecular complexity index is 659. The van der Waals surface area contributed by atoms with Gasteiger partial charge >= 0.3 is 0 Å². The minimum atomic E-state index is -0.0354. The highest BCUT2D eigenvalue weighted by molar-refractivity contribution is 5.87. The molecule has 0 aliphatic carbocycles. The number of unbranched alkanes of at least 4 members (excludes halogenated alkanes) is 1. The van der Waals surface area contributed by atoms with E-state index in [1.807, 2.05) is 12.1 Å². The first-order valence-corrected chi connectivity index (χ1v) is 9.29. The lowest BCUT2D eigenvalue weighted by atomic mass is 10.1. The van der Waals surface area contributed by atoms with Gasteiger partial charge in [0.1, 0.15) is 0 Å². The molecule has 0 radical (unpaired) electrons. The summed E-state index contributed by atoms with van der Waals surface area (Å²) in [6.07, 6.45) is 15.8. The van der Waals surface area contributed by atoms with E-state index in [2.05, 4.69) is 49.5 Å². The molecule has 0 fully saturated rings. The molecule has 0 unspecified atom stereocenters. The summed E-state index contributed by atoms with van der Waals surface area (Å²) in [6, 6.07) is 6.12. The zero-order valence-corrected chi connectivity index (χ0v) is 15.7. The van der Waals surface area contributed by atoms with E-state index in [1.165, 1.54) is 5.56 Å². The number of hydrogen-bond acceptors (Lipinski definition) is 3. The van der Waals surface area contributed by atoms with Crippen LogP contribution >= 0.6 is 0 Å². The van der Waals surface area contributed by atoms with Gasteiger partial charge in [0.05, 0.1) is 0 Å². The lowest BCUT2D eigenvalue weighted by Crippen LogP contribution is -2.25. The van der Waals surface area contributed by atoms with Crippen molar-refractivity contribution in [3.05, 3.63) is 60.2 Å². The number of aryl methyl sites for hydroxylation is 1. The van der Waals surface area contributed by atoms with E-state index in [9.17, 15) is 4.79 Å². The van der Waals surface area contributed by atoms with E-state index in [0.717, 1.165) is 37.2 Å². The number of carbonyl (C=O) groups is 1. The van der Waals surface area contributed by atoms with Crippen molar-refractivity contribution in [3.63, 3.8) is 0 Å². The largest absolute Gasteiger partial charge is 0.454 e. The lowest BCUT2D eigenvalue weighted by molar-refractivity contribution is -0.116. The minimum Gasteiger partial charge on any atom is -0.454 e. The topological polar surface area (TPSA) is 47.6 Å². The van der Waals surface area contributed by atoms with Gasteiger partial charge in [0.25, 0.3) is 0 Å². The van der Waals surface area contributed by atoms with Gasteiger partial charge in [-0.05, 0) is 49.3 Å². The molecule has 0 spiro atoms. The molecule has 4 heteroatoms. The maximum atomic E-state index is 11.5. The second-order valence-electron chi connectivity index (χ2n) is 6.70. The van der Waals surface area contributed by atoms with Gasteiger partial charge in [0.15, 0.2) is 11.5 Å². The molecule has 1 N–H and O–H groups in total. The summed E-state index contributed by atoms with van der Waals surface area (Å²) in [5, 5.41) is 2.85. The maximum Gasteiger partial charge on any atom is 0.243 e. The van der Waals surface area contributed by atoms with Crippen LogP contribution in [0.1, 0.15) is 38.7 Å². The fraction of sp³-hybridized carbons (Fsp3) is 0.409. The fourth-order valence-electron chi connectivity index (χ4n) is 2.46. The Kier molecular flexibility index (Phi) is 8.53. The van der Waals surface area contributed by atoms with Gasteiger partial charge < -0.3 is 14.8 Å². The number of nitrogens with one attached hydrogen (secondary N) is 1. The van der Waals surface area contributed by atoms with Crippen molar-refractivity contribution in [1.29, 1.82) is 0 Å². The molecule has 140 valence electrons. The molecule has 0 atom stereocenters. The molecule has 1 aromatic carbocycles. The van der Waals surface area contributed by atoms with Crippen LogP contribution in [0.3, 0.4) is 0 Å². The zero-order valence-electron chi connectivity index (χ0n) is 15.7. The summed E-state index contributed by atoms with van der Waals surface area (Å²) >= 11 is 0. The van der Waals surface area contributed by atoms with Gasteiger partial charge in [-0.15, -0.1) is 0 Å². The first-order chi connectivity index (χ1) is 12.6. The monoisotopic (exact) mass is 355 g/mol. The Morgan fingerprint density at radius 2 is 1.85 bits per heavy atom. The highest BCUT2D eigenvalue weighted by Crippen LogP contribution is 2.32. The van der Waals surface area contributed by atoms with Crippen LogP contribution in [0, 0.1) is 5.92 Å². The van der Waals surface area contributed by atoms with Crippen LogP contribution in [-0.2, 0) is 11.2 Å². The number of amides is 1. The molecule has 0 bridgehead atoms. The predicted molar refractivity (Wildman–Crippen MR) is 105 cm³/mol. The van der Waals surface area contributed by atoms with E-state index in [-0.39, 0.29) is 5.91 Å². The Morgan fingerprint density at radius 1 is 1.08 bits per heavy atom. The van der Waals surface area contributed by atoms with Gasteiger partial charge in [-0.3, -0.25) is 4.79 Å². The average molecular weight is 355 g/mol. The first kappa shape index (κ1) is 19.8. The number of rotatable bonds is 10. The molecular formula is C22H29NO3. The summed E-state index contributed by atoms with van der Waals surface area (Å²) in [5.74, 6) is 2.12. The quantitative estimate of drug-likeness (QED) is 0.289. The number of benzene rings is 1. The standard InChI is InChI=1S/C22H29NO3/c1-18(2)16-23-22(24)12-10-8-6-4-3-5-7-9-11-19-13-14-20-21(15-19)26-17-25-20/h5-8,10,12-15,18H,3-4,9,11,16-17H2,1-2H3,(H,23,24)/b7-5+,8-6+,12-10+. The third kappa shape index (κ3) is 7.60. The molecule has 0 aromatic heterocycles. The molecule has 4 nitrogen and oxygen atoms in total. The summed E-state index contributed by atoms with van der Waals surface area (Å²) in [5.41, 5.74) is 1.26. The van der Waals surface area contributed by atoms with Crippen molar-refractivity contribution in [2.24, 2.45) is 5.92 Å². The molecule has 1 aliphatic heterocycles. The highest BCUT2D eigenvalue weighted by Gasteiger charge is 2.12. The summed E-state index contributed by atoms with van der Waals surface area (Å²) in [7, 11) is 0. The third-order valence-corrected chi connectivity index (χ3v) is 3.88. The first-order valence-electron chi connectivity index (χ1n) is 9.29. The molecule has 0 saturated heterocycles. The molecule has 0 saturated carbocycles. The number of fused-ring (bicyclic) bond motifs is 1. The number of allylic oxidation sites excluding steroid dienone is 5. The van der Waals surface area contributed by atoms with E-state index in [4.69, 9.17) is 9.47 Å². The fourth-order valence-corrected chi connectivity index (χ4v) is 2.46. The van der Waals surface area contributed by atoms with Crippen molar-refractivity contribution in [2.75, 3.05) is 13.3 Å². The van der Waals surface area contributed by atoms with E-state index < -0.39 is 0 Å². The Hall–Kier alpha value is -2.49. The molecule has 26 heavy (non-hydrogen) atoms. The van der Waals surface area contributed by atoms with E-state index >= 15 is 0 Å². The van der Waals surface area contributed by atoms with Crippen LogP contribution in [0.2, 0.25) is 0 Å². The summed E-state index contributed by atoms with van der Waals surface area (Å²) in [6.45, 7) is 5.19. The van der Waals surface area contributed by atoms with Crippen LogP contribution in [0.4, 0.5) is 0 Å². The predicted octanol–water partition coefficient (Wildman–Crippen LogP) is 4.57. The molecule has 1 amide bonds. The number of carbonyl (C=O) groups excluding carboxylic acids is 1. The third-order valence-electron chi connectivity index (χ3n) is 3.88. The molecule has 1 aliphatic rings. The van der Waals surface area contributed by atoms with Gasteiger partial charge in [-0.1, -0.05) is 50.3 Å². The van der Waals surface area contributed by atoms with Crippen molar-refractivity contribution in [1.82, 2.24) is 5.32 Å². The lowest BCUT2D eigenvalue weighted by Gasteiger charge is -2.03. The zero-order chi connectivity index (χ0) is 18.6. The van der Waals surface area contributed by atoms with Crippen molar-refractivity contribution in [3.8, 4) is 11.5 Å². The SMILES string of the molecule is CC(C)CNC(=O)/C=C/C=C/CC/C=C/CCc1ccc2c(c1)OCO2. The van der Waals surface area contributed by atoms with Crippen LogP contribution in [0.5, 0.6) is 11.5 Å². The van der Waals surface area contributed by atoms with E-state index in [0.29, 0.717) is 19.3 Å². The second kappa shape index (κ2) is 11.2. The maximum absolute atomic E-state index is 11.5. The Labute approximate surface area is 156 Å².